The van der Waals surface area contributed by atoms with E-state index in [0.717, 1.165) is 23.7 Å². The largest absolute Gasteiger partial charge is 0.483 e. The highest BCUT2D eigenvalue weighted by molar-refractivity contribution is 7.00. The third kappa shape index (κ3) is 4.29. The molecule has 0 aliphatic carbocycles. The van der Waals surface area contributed by atoms with Crippen LogP contribution in [0.25, 0.3) is 11.0 Å². The van der Waals surface area contributed by atoms with E-state index in [0.29, 0.717) is 28.2 Å². The second-order valence-corrected chi connectivity index (χ2v) is 7.75. The Hall–Kier alpha value is -3.20. The molecule has 0 fully saturated rings. The maximum atomic E-state index is 12.1. The summed E-state index contributed by atoms with van der Waals surface area (Å²) >= 11 is 1.06. The lowest BCUT2D eigenvalue weighted by Gasteiger charge is -2.18. The summed E-state index contributed by atoms with van der Waals surface area (Å²) in [4.78, 5) is 24.1. The van der Waals surface area contributed by atoms with Gasteiger partial charge in [-0.1, -0.05) is 18.2 Å². The minimum Gasteiger partial charge on any atom is -0.483 e. The van der Waals surface area contributed by atoms with Gasteiger partial charge in [-0.2, -0.15) is 8.75 Å². The molecule has 1 aliphatic heterocycles. The van der Waals surface area contributed by atoms with Crippen LogP contribution < -0.4 is 14.8 Å². The number of fused-ring (bicyclic) bond motifs is 2. The molecule has 0 atom stereocenters. The van der Waals surface area contributed by atoms with E-state index in [-0.39, 0.29) is 12.2 Å². The number of esters is 1. The predicted octanol–water partition coefficient (Wildman–Crippen LogP) is 2.97. The Morgan fingerprint density at radius 3 is 2.86 bits per heavy atom. The molecule has 0 radical (unpaired) electrons. The van der Waals surface area contributed by atoms with Crippen LogP contribution in [0.3, 0.4) is 0 Å². The molecule has 8 nitrogen and oxygen atoms in total. The summed E-state index contributed by atoms with van der Waals surface area (Å²) in [6.45, 7) is 3.24. The van der Waals surface area contributed by atoms with Crippen molar-refractivity contribution < 1.29 is 23.8 Å². The number of carbonyl (C=O) groups is 2. The Bertz CT molecular complexity index is 1080. The Morgan fingerprint density at radius 2 is 2.00 bits per heavy atom. The van der Waals surface area contributed by atoms with Crippen molar-refractivity contribution in [3.8, 4) is 11.5 Å². The number of amides is 1. The normalized spacial score (nSPS) is 14.1. The van der Waals surface area contributed by atoms with Crippen LogP contribution in [0, 0.1) is 0 Å². The van der Waals surface area contributed by atoms with Gasteiger partial charge in [-0.05, 0) is 32.0 Å². The third-order valence-corrected chi connectivity index (χ3v) is 4.87. The van der Waals surface area contributed by atoms with E-state index in [4.69, 9.17) is 14.2 Å². The fourth-order valence-corrected chi connectivity index (χ4v) is 3.67. The number of benzene rings is 2. The molecule has 0 bridgehead atoms. The molecular weight excluding hydrogens is 394 g/mol. The number of aromatic nitrogens is 2. The number of nitrogens with zero attached hydrogens (tertiary/aromatic N) is 2. The first-order valence-corrected chi connectivity index (χ1v) is 9.75. The summed E-state index contributed by atoms with van der Waals surface area (Å²) in [5.41, 5.74) is 2.54. The molecule has 2 aromatic carbocycles. The predicted molar refractivity (Wildman–Crippen MR) is 107 cm³/mol. The van der Waals surface area contributed by atoms with Gasteiger partial charge in [-0.3, -0.25) is 4.79 Å². The lowest BCUT2D eigenvalue weighted by Crippen LogP contribution is -2.25. The summed E-state index contributed by atoms with van der Waals surface area (Å²) in [5, 5.41) is 2.67. The van der Waals surface area contributed by atoms with Crippen molar-refractivity contribution in [1.29, 1.82) is 0 Å². The molecule has 1 N–H and O–H groups in total. The van der Waals surface area contributed by atoms with Crippen LogP contribution >= 0.6 is 11.7 Å². The molecule has 29 heavy (non-hydrogen) atoms. The summed E-state index contributed by atoms with van der Waals surface area (Å²) in [6.07, 6.45) is 0.769. The molecule has 150 valence electrons. The van der Waals surface area contributed by atoms with Crippen molar-refractivity contribution in [3.63, 3.8) is 0 Å². The van der Waals surface area contributed by atoms with Crippen molar-refractivity contribution in [1.82, 2.24) is 8.75 Å². The van der Waals surface area contributed by atoms with Crippen LogP contribution in [0.15, 0.2) is 36.4 Å². The lowest BCUT2D eigenvalue weighted by molar-refractivity contribution is -0.149. The molecule has 1 aromatic heterocycles. The van der Waals surface area contributed by atoms with Gasteiger partial charge >= 0.3 is 5.97 Å². The summed E-state index contributed by atoms with van der Waals surface area (Å²) in [7, 11) is 0. The molecule has 3 aromatic rings. The van der Waals surface area contributed by atoms with E-state index in [2.05, 4.69) is 14.1 Å². The van der Waals surface area contributed by atoms with Gasteiger partial charge in [0.25, 0.3) is 5.91 Å². The zero-order valence-electron chi connectivity index (χ0n) is 15.9. The van der Waals surface area contributed by atoms with Crippen LogP contribution in [-0.4, -0.2) is 39.4 Å². The van der Waals surface area contributed by atoms with Crippen molar-refractivity contribution in [3.05, 3.63) is 42.0 Å². The van der Waals surface area contributed by atoms with E-state index in [1.54, 1.807) is 24.3 Å². The molecule has 2 heterocycles. The van der Waals surface area contributed by atoms with E-state index < -0.39 is 18.5 Å². The number of nitrogens with one attached hydrogen (secondary N) is 1. The number of anilines is 1. The van der Waals surface area contributed by atoms with Gasteiger partial charge in [-0.15, -0.1) is 0 Å². The number of hydrogen-bond donors (Lipinski definition) is 1. The zero-order chi connectivity index (χ0) is 20.4. The van der Waals surface area contributed by atoms with Crippen molar-refractivity contribution in [2.24, 2.45) is 0 Å². The van der Waals surface area contributed by atoms with Gasteiger partial charge in [0.2, 0.25) is 0 Å². The average molecular weight is 413 g/mol. The van der Waals surface area contributed by atoms with Gasteiger partial charge in [0.15, 0.2) is 24.7 Å². The Kier molecular flexibility index (Phi) is 5.06. The monoisotopic (exact) mass is 413 g/mol. The zero-order valence-corrected chi connectivity index (χ0v) is 16.7. The van der Waals surface area contributed by atoms with Crippen LogP contribution in [0.4, 0.5) is 5.69 Å². The molecule has 0 saturated carbocycles. The third-order valence-electron chi connectivity index (χ3n) is 4.32. The minimum absolute atomic E-state index is 0.309. The fourth-order valence-electron chi connectivity index (χ4n) is 3.12. The topological polar surface area (TPSA) is 99.6 Å². The standard InChI is InChI=1S/C20H19N3O5S/c1-20(2)9-12-5-3-8-15(19(12)28-20)26-11-17(25)27-10-16(24)21-13-6-4-7-14-18(13)23-29-22-14/h3-8H,9-11H2,1-2H3,(H,21,24). The summed E-state index contributed by atoms with van der Waals surface area (Å²) < 4.78 is 24.7. The lowest BCUT2D eigenvalue weighted by atomic mass is 10.0. The van der Waals surface area contributed by atoms with Crippen molar-refractivity contribution >= 4 is 40.3 Å². The number of carbonyl (C=O) groups excluding carboxylic acids is 2. The van der Waals surface area contributed by atoms with Gasteiger partial charge < -0.3 is 19.5 Å². The van der Waals surface area contributed by atoms with Crippen LogP contribution in [0.5, 0.6) is 11.5 Å². The van der Waals surface area contributed by atoms with E-state index in [1.807, 2.05) is 26.0 Å². The molecule has 4 rings (SSSR count). The maximum absolute atomic E-state index is 12.1. The second-order valence-electron chi connectivity index (χ2n) is 7.22. The number of rotatable bonds is 6. The average Bonchev–Trinajstić information content (AvgIpc) is 3.28. The smallest absolute Gasteiger partial charge is 0.344 e. The fraction of sp³-hybridized carbons (Fsp3) is 0.300. The second kappa shape index (κ2) is 7.67. The molecule has 0 unspecified atom stereocenters. The number of hydrogen-bond acceptors (Lipinski definition) is 8. The molecule has 1 aliphatic rings. The first-order valence-electron chi connectivity index (χ1n) is 9.02. The van der Waals surface area contributed by atoms with Crippen LogP contribution in [-0.2, 0) is 20.7 Å². The first kappa shape index (κ1) is 19.1. The van der Waals surface area contributed by atoms with Crippen LogP contribution in [0.2, 0.25) is 0 Å². The summed E-state index contributed by atoms with van der Waals surface area (Å²) in [6, 6.07) is 10.8. The van der Waals surface area contributed by atoms with E-state index in [1.165, 1.54) is 0 Å². The van der Waals surface area contributed by atoms with E-state index in [9.17, 15) is 9.59 Å². The van der Waals surface area contributed by atoms with Gasteiger partial charge in [0.1, 0.15) is 16.6 Å². The molecule has 0 spiro atoms. The highest BCUT2D eigenvalue weighted by Gasteiger charge is 2.32. The van der Waals surface area contributed by atoms with Gasteiger partial charge in [0, 0.05) is 12.0 Å². The maximum Gasteiger partial charge on any atom is 0.344 e. The van der Waals surface area contributed by atoms with Crippen molar-refractivity contribution in [2.75, 3.05) is 18.5 Å². The highest BCUT2D eigenvalue weighted by atomic mass is 32.1. The van der Waals surface area contributed by atoms with Gasteiger partial charge in [-0.25, -0.2) is 4.79 Å². The molecule has 1 amide bonds. The van der Waals surface area contributed by atoms with Crippen LogP contribution in [0.1, 0.15) is 19.4 Å². The first-order chi connectivity index (χ1) is 13.9. The Morgan fingerprint density at radius 1 is 1.17 bits per heavy atom. The molecular formula is C20H19N3O5S. The Balaban J connectivity index is 1.28. The Labute approximate surface area is 171 Å². The molecule has 0 saturated heterocycles. The quantitative estimate of drug-likeness (QED) is 0.620. The summed E-state index contributed by atoms with van der Waals surface area (Å²) in [5.74, 6) is 0.0123. The van der Waals surface area contributed by atoms with Crippen molar-refractivity contribution in [2.45, 2.75) is 25.9 Å². The minimum atomic E-state index is -0.649. The molecule has 9 heteroatoms. The highest BCUT2D eigenvalue weighted by Crippen LogP contribution is 2.41. The van der Waals surface area contributed by atoms with Gasteiger partial charge in [0.05, 0.1) is 17.4 Å². The van der Waals surface area contributed by atoms with E-state index >= 15 is 0 Å². The SMILES string of the molecule is CC1(C)Cc2cccc(OCC(=O)OCC(=O)Nc3cccc4nsnc34)c2O1. The number of ether oxygens (including phenoxy) is 3. The number of para-hydroxylation sites is 1.